The number of hydrogen-bond acceptors (Lipinski definition) is 4. The van der Waals surface area contributed by atoms with Crippen LogP contribution in [0.15, 0.2) is 47.4 Å². The Hall–Kier alpha value is -2.22. The van der Waals surface area contributed by atoms with Crippen LogP contribution >= 0.6 is 0 Å². The third-order valence-electron chi connectivity index (χ3n) is 5.08. The van der Waals surface area contributed by atoms with Crippen LogP contribution in [0.1, 0.15) is 29.5 Å². The van der Waals surface area contributed by atoms with E-state index in [-0.39, 0.29) is 10.8 Å². The first-order chi connectivity index (χ1) is 13.9. The molecule has 2 aromatic rings. The second-order valence-electron chi connectivity index (χ2n) is 7.38. The summed E-state index contributed by atoms with van der Waals surface area (Å²) in [6.45, 7) is 5.39. The summed E-state index contributed by atoms with van der Waals surface area (Å²) in [4.78, 5) is 12.6. The van der Waals surface area contributed by atoms with Gasteiger partial charge >= 0.3 is 0 Å². The van der Waals surface area contributed by atoms with Crippen LogP contribution in [-0.2, 0) is 26.0 Å². The molecule has 1 fully saturated rings. The third kappa shape index (κ3) is 5.65. The molecule has 0 spiro atoms. The molecule has 29 heavy (non-hydrogen) atoms. The zero-order valence-corrected chi connectivity index (χ0v) is 17.8. The number of benzene rings is 2. The Morgan fingerprint density at radius 3 is 2.45 bits per heavy atom. The minimum absolute atomic E-state index is 0.110. The fourth-order valence-electron chi connectivity index (χ4n) is 3.25. The molecule has 7 heteroatoms. The Labute approximate surface area is 172 Å². The predicted octanol–water partition coefficient (Wildman–Crippen LogP) is 3.29. The van der Waals surface area contributed by atoms with Gasteiger partial charge in [0.1, 0.15) is 0 Å². The SMILES string of the molecule is Cc1ccc(CCCC(=O)Nc2cc(S(=O)(=O)N3CCOCC3)ccc2C)cc1. The van der Waals surface area contributed by atoms with Gasteiger partial charge in [-0.3, -0.25) is 4.79 Å². The maximum Gasteiger partial charge on any atom is 0.243 e. The number of carbonyl (C=O) groups is 1. The van der Waals surface area contributed by atoms with Crippen LogP contribution in [-0.4, -0.2) is 44.9 Å². The quantitative estimate of drug-likeness (QED) is 0.752. The van der Waals surface area contributed by atoms with Gasteiger partial charge in [-0.25, -0.2) is 8.42 Å². The average Bonchev–Trinajstić information content (AvgIpc) is 2.71. The summed E-state index contributed by atoms with van der Waals surface area (Å²) in [7, 11) is -3.59. The first kappa shape index (κ1) is 21.5. The van der Waals surface area contributed by atoms with Gasteiger partial charge in [0.05, 0.1) is 18.1 Å². The van der Waals surface area contributed by atoms with E-state index in [2.05, 4.69) is 29.6 Å². The molecule has 1 amide bonds. The van der Waals surface area contributed by atoms with Crippen LogP contribution < -0.4 is 5.32 Å². The lowest BCUT2D eigenvalue weighted by atomic mass is 10.1. The van der Waals surface area contributed by atoms with Gasteiger partial charge in [-0.1, -0.05) is 35.9 Å². The lowest BCUT2D eigenvalue weighted by Crippen LogP contribution is -2.40. The molecule has 0 saturated carbocycles. The Morgan fingerprint density at radius 2 is 1.76 bits per heavy atom. The third-order valence-corrected chi connectivity index (χ3v) is 6.98. The van der Waals surface area contributed by atoms with Gasteiger partial charge in [-0.05, 0) is 49.9 Å². The highest BCUT2D eigenvalue weighted by Gasteiger charge is 2.26. The van der Waals surface area contributed by atoms with Gasteiger partial charge in [0.2, 0.25) is 15.9 Å². The van der Waals surface area contributed by atoms with E-state index >= 15 is 0 Å². The van der Waals surface area contributed by atoms with Crippen molar-refractivity contribution in [2.45, 2.75) is 38.0 Å². The number of nitrogens with one attached hydrogen (secondary N) is 1. The van der Waals surface area contributed by atoms with Crippen molar-refractivity contribution in [1.29, 1.82) is 0 Å². The summed E-state index contributed by atoms with van der Waals surface area (Å²) in [6, 6.07) is 13.2. The summed E-state index contributed by atoms with van der Waals surface area (Å²) in [5.74, 6) is -0.110. The molecule has 0 bridgehead atoms. The van der Waals surface area contributed by atoms with Crippen LogP contribution in [0.4, 0.5) is 5.69 Å². The summed E-state index contributed by atoms with van der Waals surface area (Å²) in [5.41, 5.74) is 3.80. The molecule has 1 aliphatic heterocycles. The number of rotatable bonds is 7. The largest absolute Gasteiger partial charge is 0.379 e. The van der Waals surface area contributed by atoms with Crippen molar-refractivity contribution in [3.8, 4) is 0 Å². The van der Waals surface area contributed by atoms with Crippen molar-refractivity contribution >= 4 is 21.6 Å². The van der Waals surface area contributed by atoms with Crippen LogP contribution in [0.3, 0.4) is 0 Å². The summed E-state index contributed by atoms with van der Waals surface area (Å²) in [5, 5.41) is 2.87. The Bertz CT molecular complexity index is 949. The zero-order chi connectivity index (χ0) is 20.9. The predicted molar refractivity (Wildman–Crippen MR) is 114 cm³/mol. The Balaban J connectivity index is 1.61. The average molecular weight is 417 g/mol. The van der Waals surface area contributed by atoms with E-state index in [1.165, 1.54) is 15.4 Å². The maximum atomic E-state index is 12.8. The number of carbonyl (C=O) groups excluding carboxylic acids is 1. The van der Waals surface area contributed by atoms with E-state index in [1.807, 2.05) is 13.8 Å². The number of amides is 1. The second-order valence-corrected chi connectivity index (χ2v) is 9.32. The normalized spacial score (nSPS) is 15.2. The molecule has 0 atom stereocenters. The first-order valence-corrected chi connectivity index (χ1v) is 11.3. The van der Waals surface area contributed by atoms with Gasteiger partial charge in [0, 0.05) is 25.2 Å². The van der Waals surface area contributed by atoms with Crippen LogP contribution in [0.25, 0.3) is 0 Å². The maximum absolute atomic E-state index is 12.8. The van der Waals surface area contributed by atoms with Gasteiger partial charge in [0.15, 0.2) is 0 Å². The molecule has 1 heterocycles. The molecular formula is C22H28N2O4S. The fraction of sp³-hybridized carbons (Fsp3) is 0.409. The molecule has 1 aliphatic rings. The molecular weight excluding hydrogens is 388 g/mol. The number of morpholine rings is 1. The van der Waals surface area contributed by atoms with Crippen molar-refractivity contribution in [1.82, 2.24) is 4.31 Å². The van der Waals surface area contributed by atoms with Crippen molar-refractivity contribution in [3.05, 3.63) is 59.2 Å². The number of hydrogen-bond donors (Lipinski definition) is 1. The summed E-state index contributed by atoms with van der Waals surface area (Å²) < 4.78 is 32.4. The topological polar surface area (TPSA) is 75.7 Å². The van der Waals surface area contributed by atoms with E-state index in [1.54, 1.807) is 18.2 Å². The van der Waals surface area contributed by atoms with Gasteiger partial charge < -0.3 is 10.1 Å². The monoisotopic (exact) mass is 416 g/mol. The zero-order valence-electron chi connectivity index (χ0n) is 17.0. The first-order valence-electron chi connectivity index (χ1n) is 9.90. The van der Waals surface area contributed by atoms with Crippen molar-refractivity contribution in [2.24, 2.45) is 0 Å². The lowest BCUT2D eigenvalue weighted by Gasteiger charge is -2.26. The molecule has 0 aromatic heterocycles. The Morgan fingerprint density at radius 1 is 1.07 bits per heavy atom. The number of nitrogens with zero attached hydrogens (tertiary/aromatic N) is 1. The van der Waals surface area contributed by atoms with E-state index in [0.29, 0.717) is 38.4 Å². The van der Waals surface area contributed by atoms with E-state index in [9.17, 15) is 13.2 Å². The van der Waals surface area contributed by atoms with E-state index in [4.69, 9.17) is 4.74 Å². The summed E-state index contributed by atoms with van der Waals surface area (Å²) in [6.07, 6.45) is 1.95. The van der Waals surface area contributed by atoms with Gasteiger partial charge in [0.25, 0.3) is 0 Å². The van der Waals surface area contributed by atoms with Gasteiger partial charge in [-0.2, -0.15) is 4.31 Å². The van der Waals surface area contributed by atoms with Crippen LogP contribution in [0, 0.1) is 13.8 Å². The van der Waals surface area contributed by atoms with Gasteiger partial charge in [-0.15, -0.1) is 0 Å². The van der Waals surface area contributed by atoms with Crippen LogP contribution in [0.5, 0.6) is 0 Å². The molecule has 1 N–H and O–H groups in total. The minimum atomic E-state index is -3.59. The van der Waals surface area contributed by atoms with Crippen LogP contribution in [0.2, 0.25) is 0 Å². The highest BCUT2D eigenvalue weighted by atomic mass is 32.2. The molecule has 1 saturated heterocycles. The molecule has 3 rings (SSSR count). The number of ether oxygens (including phenoxy) is 1. The lowest BCUT2D eigenvalue weighted by molar-refractivity contribution is -0.116. The number of anilines is 1. The molecule has 0 radical (unpaired) electrons. The smallest absolute Gasteiger partial charge is 0.243 e. The van der Waals surface area contributed by atoms with E-state index < -0.39 is 10.0 Å². The number of aryl methyl sites for hydroxylation is 3. The van der Waals surface area contributed by atoms with Crippen molar-refractivity contribution in [3.63, 3.8) is 0 Å². The highest BCUT2D eigenvalue weighted by Crippen LogP contribution is 2.24. The summed E-state index contributed by atoms with van der Waals surface area (Å²) >= 11 is 0. The molecule has 2 aromatic carbocycles. The fourth-order valence-corrected chi connectivity index (χ4v) is 4.69. The molecule has 0 unspecified atom stereocenters. The van der Waals surface area contributed by atoms with E-state index in [0.717, 1.165) is 18.4 Å². The second kappa shape index (κ2) is 9.52. The molecule has 6 nitrogen and oxygen atoms in total. The Kier molecular flexibility index (Phi) is 7.05. The standard InChI is InChI=1S/C22H28N2O4S/c1-17-6-9-19(10-7-17)4-3-5-22(25)23-21-16-20(11-8-18(21)2)29(26,27)24-12-14-28-15-13-24/h6-11,16H,3-5,12-15H2,1-2H3,(H,23,25). The highest BCUT2D eigenvalue weighted by molar-refractivity contribution is 7.89. The number of sulfonamides is 1. The molecule has 156 valence electrons. The molecule has 0 aliphatic carbocycles. The van der Waals surface area contributed by atoms with Crippen molar-refractivity contribution < 1.29 is 17.9 Å². The van der Waals surface area contributed by atoms with Crippen molar-refractivity contribution in [2.75, 3.05) is 31.6 Å². The minimum Gasteiger partial charge on any atom is -0.379 e.